The molecule has 0 radical (unpaired) electrons. The van der Waals surface area contributed by atoms with E-state index in [0.29, 0.717) is 5.41 Å². The molecule has 0 bridgehead atoms. The average molecular weight is 355 g/mol. The summed E-state index contributed by atoms with van der Waals surface area (Å²) in [5.41, 5.74) is 2.91. The Hall–Kier alpha value is -0.480. The van der Waals surface area contributed by atoms with E-state index in [9.17, 15) is 0 Å². The Morgan fingerprint density at radius 2 is 2.05 bits per heavy atom. The van der Waals surface area contributed by atoms with Crippen molar-refractivity contribution in [3.8, 4) is 0 Å². The van der Waals surface area contributed by atoms with Crippen molar-refractivity contribution in [1.29, 1.82) is 0 Å². The SMILES string of the molecule is CCc1cc(Br)ccc1NC1=NCC(CC)(CC)CS1. The van der Waals surface area contributed by atoms with Crippen molar-refractivity contribution in [1.82, 2.24) is 0 Å². The molecule has 2 nitrogen and oxygen atoms in total. The van der Waals surface area contributed by atoms with E-state index >= 15 is 0 Å². The van der Waals surface area contributed by atoms with Gasteiger partial charge in [-0.15, -0.1) is 0 Å². The molecule has 20 heavy (non-hydrogen) atoms. The van der Waals surface area contributed by atoms with Crippen molar-refractivity contribution in [3.05, 3.63) is 28.2 Å². The quantitative estimate of drug-likeness (QED) is 0.789. The number of benzene rings is 1. The van der Waals surface area contributed by atoms with Crippen molar-refractivity contribution in [2.45, 2.75) is 40.0 Å². The first-order valence-corrected chi connectivity index (χ1v) is 9.13. The van der Waals surface area contributed by atoms with E-state index in [-0.39, 0.29) is 0 Å². The highest BCUT2D eigenvalue weighted by atomic mass is 79.9. The third kappa shape index (κ3) is 3.59. The summed E-state index contributed by atoms with van der Waals surface area (Å²) in [5.74, 6) is 1.17. The van der Waals surface area contributed by atoms with Crippen LogP contribution in [0, 0.1) is 5.41 Å². The molecule has 1 N–H and O–H groups in total. The zero-order valence-corrected chi connectivity index (χ0v) is 14.9. The topological polar surface area (TPSA) is 24.4 Å². The molecule has 0 fully saturated rings. The Labute approximate surface area is 135 Å². The summed E-state index contributed by atoms with van der Waals surface area (Å²) in [6.07, 6.45) is 3.45. The maximum absolute atomic E-state index is 4.77. The van der Waals surface area contributed by atoms with Gasteiger partial charge in [-0.2, -0.15) is 0 Å². The summed E-state index contributed by atoms with van der Waals surface area (Å²) in [7, 11) is 0. The molecule has 1 heterocycles. The van der Waals surface area contributed by atoms with Crippen LogP contribution >= 0.6 is 27.7 Å². The highest BCUT2D eigenvalue weighted by Gasteiger charge is 2.30. The Morgan fingerprint density at radius 3 is 2.60 bits per heavy atom. The van der Waals surface area contributed by atoms with Gasteiger partial charge in [-0.3, -0.25) is 4.99 Å². The first-order chi connectivity index (χ1) is 9.62. The highest BCUT2D eigenvalue weighted by Crippen LogP contribution is 2.35. The van der Waals surface area contributed by atoms with E-state index in [4.69, 9.17) is 4.99 Å². The number of halogens is 1. The van der Waals surface area contributed by atoms with Crippen LogP contribution in [0.25, 0.3) is 0 Å². The molecular weight excluding hydrogens is 332 g/mol. The Morgan fingerprint density at radius 1 is 1.30 bits per heavy atom. The molecule has 0 atom stereocenters. The first-order valence-electron chi connectivity index (χ1n) is 7.35. The third-order valence-electron chi connectivity index (χ3n) is 4.26. The smallest absolute Gasteiger partial charge is 0.161 e. The monoisotopic (exact) mass is 354 g/mol. The Kier molecular flexibility index (Phi) is 5.56. The van der Waals surface area contributed by atoms with Crippen LogP contribution in [0.3, 0.4) is 0 Å². The van der Waals surface area contributed by atoms with E-state index in [1.807, 2.05) is 11.8 Å². The van der Waals surface area contributed by atoms with E-state index in [1.165, 1.54) is 29.8 Å². The van der Waals surface area contributed by atoms with Gasteiger partial charge in [-0.1, -0.05) is 48.5 Å². The van der Waals surface area contributed by atoms with Crippen LogP contribution in [0.4, 0.5) is 5.69 Å². The molecule has 110 valence electrons. The molecule has 0 spiro atoms. The lowest BCUT2D eigenvalue weighted by atomic mass is 9.84. The summed E-state index contributed by atoms with van der Waals surface area (Å²) in [6.45, 7) is 7.69. The maximum atomic E-state index is 4.77. The molecule has 0 amide bonds. The fourth-order valence-electron chi connectivity index (χ4n) is 2.40. The summed E-state index contributed by atoms with van der Waals surface area (Å²) >= 11 is 5.40. The molecule has 0 saturated carbocycles. The number of anilines is 1. The second-order valence-corrected chi connectivity index (χ2v) is 7.28. The van der Waals surface area contributed by atoms with Gasteiger partial charge >= 0.3 is 0 Å². The molecule has 0 aliphatic carbocycles. The van der Waals surface area contributed by atoms with Crippen LogP contribution in [0.15, 0.2) is 27.7 Å². The average Bonchev–Trinajstić information content (AvgIpc) is 2.50. The van der Waals surface area contributed by atoms with Gasteiger partial charge in [0, 0.05) is 22.5 Å². The molecule has 0 aromatic heterocycles. The molecular formula is C16H23BrN2S. The molecule has 1 aliphatic rings. The molecule has 2 rings (SSSR count). The number of amidine groups is 1. The van der Waals surface area contributed by atoms with Crippen LogP contribution in [-0.4, -0.2) is 17.5 Å². The standard InChI is InChI=1S/C16H23BrN2S/c1-4-12-9-13(17)7-8-14(12)19-15-18-10-16(5-2,6-3)11-20-15/h7-9H,4-6,10-11H2,1-3H3,(H,18,19). The summed E-state index contributed by atoms with van der Waals surface area (Å²) in [5, 5.41) is 4.57. The summed E-state index contributed by atoms with van der Waals surface area (Å²) in [4.78, 5) is 4.77. The summed E-state index contributed by atoms with van der Waals surface area (Å²) in [6, 6.07) is 6.39. The predicted molar refractivity (Wildman–Crippen MR) is 94.9 cm³/mol. The summed E-state index contributed by atoms with van der Waals surface area (Å²) < 4.78 is 1.13. The van der Waals surface area contributed by atoms with Crippen molar-refractivity contribution in [2.75, 3.05) is 17.6 Å². The normalized spacial score (nSPS) is 17.7. The fraction of sp³-hybridized carbons (Fsp3) is 0.562. The highest BCUT2D eigenvalue weighted by molar-refractivity contribution is 9.10. The van der Waals surface area contributed by atoms with Gasteiger partial charge < -0.3 is 5.32 Å². The lowest BCUT2D eigenvalue weighted by molar-refractivity contribution is 0.318. The zero-order chi connectivity index (χ0) is 14.6. The van der Waals surface area contributed by atoms with Crippen LogP contribution in [0.1, 0.15) is 39.2 Å². The molecule has 0 saturated heterocycles. The Balaban J connectivity index is 2.10. The number of nitrogens with one attached hydrogen (secondary N) is 1. The van der Waals surface area contributed by atoms with Gasteiger partial charge in [0.05, 0.1) is 0 Å². The minimum Gasteiger partial charge on any atom is -0.335 e. The van der Waals surface area contributed by atoms with E-state index < -0.39 is 0 Å². The lowest BCUT2D eigenvalue weighted by Gasteiger charge is -2.33. The number of thioether (sulfide) groups is 1. The van der Waals surface area contributed by atoms with Crippen LogP contribution in [0.2, 0.25) is 0 Å². The number of aliphatic imine (C=N–C) groups is 1. The minimum atomic E-state index is 0.406. The van der Waals surface area contributed by atoms with Gasteiger partial charge in [-0.25, -0.2) is 0 Å². The fourth-order valence-corrected chi connectivity index (χ4v) is 4.09. The van der Waals surface area contributed by atoms with Crippen molar-refractivity contribution in [2.24, 2.45) is 10.4 Å². The third-order valence-corrected chi connectivity index (χ3v) is 6.02. The first kappa shape index (κ1) is 15.9. The predicted octanol–water partition coefficient (Wildman–Crippen LogP) is 5.33. The number of hydrogen-bond donors (Lipinski definition) is 1. The Bertz CT molecular complexity index is 495. The van der Waals surface area contributed by atoms with E-state index in [1.54, 1.807) is 0 Å². The molecule has 1 aromatic rings. The molecule has 4 heteroatoms. The van der Waals surface area contributed by atoms with Crippen LogP contribution < -0.4 is 5.32 Å². The second-order valence-electron chi connectivity index (χ2n) is 5.40. The van der Waals surface area contributed by atoms with E-state index in [0.717, 1.165) is 22.6 Å². The van der Waals surface area contributed by atoms with Gasteiger partial charge in [0.1, 0.15) is 0 Å². The minimum absolute atomic E-state index is 0.406. The van der Waals surface area contributed by atoms with Crippen molar-refractivity contribution < 1.29 is 0 Å². The van der Waals surface area contributed by atoms with Gasteiger partial charge in [0.25, 0.3) is 0 Å². The molecule has 1 aliphatic heterocycles. The van der Waals surface area contributed by atoms with Gasteiger partial charge in [-0.05, 0) is 48.4 Å². The number of nitrogens with zero attached hydrogens (tertiary/aromatic N) is 1. The van der Waals surface area contributed by atoms with E-state index in [2.05, 4.69) is 60.2 Å². The maximum Gasteiger partial charge on any atom is 0.161 e. The van der Waals surface area contributed by atoms with Crippen LogP contribution in [-0.2, 0) is 6.42 Å². The van der Waals surface area contributed by atoms with Gasteiger partial charge in [0.15, 0.2) is 5.17 Å². The molecule has 0 unspecified atom stereocenters. The zero-order valence-electron chi connectivity index (χ0n) is 12.5. The lowest BCUT2D eigenvalue weighted by Crippen LogP contribution is -2.32. The molecule has 1 aromatic carbocycles. The largest absolute Gasteiger partial charge is 0.335 e. The van der Waals surface area contributed by atoms with Crippen LogP contribution in [0.5, 0.6) is 0 Å². The van der Waals surface area contributed by atoms with Gasteiger partial charge in [0.2, 0.25) is 0 Å². The number of rotatable bonds is 4. The van der Waals surface area contributed by atoms with Crippen molar-refractivity contribution in [3.63, 3.8) is 0 Å². The number of hydrogen-bond acceptors (Lipinski definition) is 3. The number of aryl methyl sites for hydroxylation is 1. The van der Waals surface area contributed by atoms with Crippen molar-refractivity contribution >= 4 is 38.5 Å². The second kappa shape index (κ2) is 6.99.